The second-order valence-corrected chi connectivity index (χ2v) is 18.4. The van der Waals surface area contributed by atoms with Crippen molar-refractivity contribution >= 4 is 55.7 Å². The number of fused-ring (bicyclic) bond motifs is 2. The zero-order valence-electron chi connectivity index (χ0n) is 19.5. The number of nitrogen functional groups attached to an aromatic ring is 1. The largest absolute Gasteiger partial charge is 0.407 e. The van der Waals surface area contributed by atoms with E-state index in [0.29, 0.717) is 17.0 Å². The van der Waals surface area contributed by atoms with Crippen molar-refractivity contribution in [3.8, 4) is 11.4 Å². The van der Waals surface area contributed by atoms with Gasteiger partial charge in [0.15, 0.2) is 31.5 Å². The molecule has 5 unspecified atom stereocenters. The molecular formula is C20H28N5O5PS2Si. The second-order valence-electron chi connectivity index (χ2n) is 9.99. The lowest BCUT2D eigenvalue weighted by atomic mass is 10.1. The smallest absolute Gasteiger partial charge is 0.386 e. The van der Waals surface area contributed by atoms with Crippen LogP contribution in [-0.2, 0) is 22.8 Å². The first-order valence-electron chi connectivity index (χ1n) is 10.9. The van der Waals surface area contributed by atoms with E-state index in [1.807, 2.05) is 21.4 Å². The van der Waals surface area contributed by atoms with Crippen LogP contribution in [0.5, 0.6) is 0 Å². The summed E-state index contributed by atoms with van der Waals surface area (Å²) in [5.41, 5.74) is 8.05. The number of anilines is 1. The quantitative estimate of drug-likeness (QED) is 0.270. The lowest BCUT2D eigenvalue weighted by molar-refractivity contribution is -0.0551. The standard InChI is InChI=1S/C20H28N5O5PS2Si/c1-20(2,3)34(4,5)30-15-14-12(8-27-31(26,32)29-14)28-19(15)25-17(11-6-7-33-9-11)24-13-16(21)22-10-23-18(13)25/h6-7,9-10,12,14-15,19H,8H2,1-5H3,(H,26,32)(H2,21,22,23). The number of thiol groups is 1. The maximum absolute atomic E-state index is 12.7. The van der Waals surface area contributed by atoms with Crippen LogP contribution < -0.4 is 5.73 Å². The van der Waals surface area contributed by atoms with Gasteiger partial charge in [-0.05, 0) is 29.6 Å². The lowest BCUT2D eigenvalue weighted by Gasteiger charge is -2.41. The van der Waals surface area contributed by atoms with Crippen molar-refractivity contribution < 1.29 is 22.8 Å². The molecule has 2 saturated heterocycles. The predicted molar refractivity (Wildman–Crippen MR) is 136 cm³/mol. The number of nitrogens with zero attached hydrogens (tertiary/aromatic N) is 4. The number of rotatable bonds is 4. The van der Waals surface area contributed by atoms with E-state index >= 15 is 0 Å². The summed E-state index contributed by atoms with van der Waals surface area (Å²) in [5, 5.41) is 3.89. The molecular weight excluding hydrogens is 513 g/mol. The normalized spacial score (nSPS) is 30.1. The number of hydrogen-bond acceptors (Lipinski definition) is 10. The zero-order chi connectivity index (χ0) is 24.5. The third-order valence-corrected chi connectivity index (χ3v) is 13.5. The van der Waals surface area contributed by atoms with Crippen molar-refractivity contribution in [2.45, 2.75) is 63.4 Å². The molecule has 184 valence electrons. The molecule has 0 spiro atoms. The van der Waals surface area contributed by atoms with Crippen LogP contribution in [0.2, 0.25) is 18.1 Å². The molecule has 5 rings (SSSR count). The highest BCUT2D eigenvalue weighted by Crippen LogP contribution is 2.60. The van der Waals surface area contributed by atoms with Gasteiger partial charge in [-0.25, -0.2) is 19.5 Å². The fourth-order valence-corrected chi connectivity index (χ4v) is 7.34. The molecule has 0 amide bonds. The molecule has 2 fully saturated rings. The van der Waals surface area contributed by atoms with Crippen molar-refractivity contribution in [1.82, 2.24) is 19.5 Å². The van der Waals surface area contributed by atoms with Gasteiger partial charge in [0.2, 0.25) is 0 Å². The SMILES string of the molecule is CC(C)(C)[Si](C)(C)OC1C2OP(=O)(S)OCC2OC1n1c(-c2ccsc2)nc2c(N)ncnc21. The molecule has 10 nitrogen and oxygen atoms in total. The number of hydrogen-bond donors (Lipinski definition) is 2. The summed E-state index contributed by atoms with van der Waals surface area (Å²) >= 11 is 5.67. The van der Waals surface area contributed by atoms with Gasteiger partial charge in [-0.15, -0.1) is 0 Å². The first-order valence-corrected chi connectivity index (χ1v) is 17.4. The van der Waals surface area contributed by atoms with E-state index in [0.717, 1.165) is 5.56 Å². The topological polar surface area (TPSA) is 124 Å². The van der Waals surface area contributed by atoms with Crippen molar-refractivity contribution in [3.63, 3.8) is 0 Å². The minimum atomic E-state index is -3.54. The molecule has 3 aromatic heterocycles. The minimum Gasteiger partial charge on any atom is -0.407 e. The Labute approximate surface area is 208 Å². The van der Waals surface area contributed by atoms with Crippen LogP contribution in [0.4, 0.5) is 5.82 Å². The molecule has 2 aliphatic heterocycles. The number of ether oxygens (including phenoxy) is 1. The summed E-state index contributed by atoms with van der Waals surface area (Å²) < 4.78 is 39.1. The van der Waals surface area contributed by atoms with E-state index in [9.17, 15) is 4.57 Å². The molecule has 5 atom stereocenters. The van der Waals surface area contributed by atoms with Gasteiger partial charge in [0.25, 0.3) is 0 Å². The Morgan fingerprint density at radius 1 is 1.35 bits per heavy atom. The van der Waals surface area contributed by atoms with Gasteiger partial charge in [-0.3, -0.25) is 13.6 Å². The van der Waals surface area contributed by atoms with Crippen LogP contribution in [0.15, 0.2) is 23.2 Å². The predicted octanol–water partition coefficient (Wildman–Crippen LogP) is 4.88. The average Bonchev–Trinajstić information content (AvgIpc) is 3.44. The fourth-order valence-electron chi connectivity index (χ4n) is 3.93. The van der Waals surface area contributed by atoms with Crippen molar-refractivity contribution in [1.29, 1.82) is 0 Å². The molecule has 34 heavy (non-hydrogen) atoms. The Bertz CT molecular complexity index is 1260. The summed E-state index contributed by atoms with van der Waals surface area (Å²) in [7, 11) is -2.31. The lowest BCUT2D eigenvalue weighted by Crippen LogP contribution is -2.50. The zero-order valence-corrected chi connectivity index (χ0v) is 23.1. The maximum atomic E-state index is 12.7. The molecule has 14 heteroatoms. The van der Waals surface area contributed by atoms with Gasteiger partial charge in [0, 0.05) is 10.9 Å². The van der Waals surface area contributed by atoms with E-state index in [1.54, 1.807) is 11.3 Å². The van der Waals surface area contributed by atoms with Gasteiger partial charge in [-0.1, -0.05) is 33.0 Å². The van der Waals surface area contributed by atoms with E-state index in [1.165, 1.54) is 6.33 Å². The van der Waals surface area contributed by atoms with Gasteiger partial charge < -0.3 is 14.9 Å². The van der Waals surface area contributed by atoms with Gasteiger partial charge in [0.1, 0.15) is 30.5 Å². The van der Waals surface area contributed by atoms with Crippen molar-refractivity contribution in [2.24, 2.45) is 0 Å². The van der Waals surface area contributed by atoms with Crippen molar-refractivity contribution in [2.75, 3.05) is 12.3 Å². The molecule has 0 bridgehead atoms. The van der Waals surface area contributed by atoms with Crippen LogP contribution in [-0.4, -0.2) is 52.8 Å². The van der Waals surface area contributed by atoms with Crippen LogP contribution in [0.1, 0.15) is 27.0 Å². The van der Waals surface area contributed by atoms with Gasteiger partial charge in [-0.2, -0.15) is 11.3 Å². The molecule has 3 aromatic rings. The Hall–Kier alpha value is -1.31. The number of thiophene rings is 1. The Kier molecular flexibility index (Phi) is 6.01. The summed E-state index contributed by atoms with van der Waals surface area (Å²) in [4.78, 5) is 13.4. The highest BCUT2D eigenvalue weighted by Gasteiger charge is 2.56. The first-order chi connectivity index (χ1) is 15.9. The van der Waals surface area contributed by atoms with E-state index < -0.39 is 39.7 Å². The average molecular weight is 542 g/mol. The summed E-state index contributed by atoms with van der Waals surface area (Å²) in [5.74, 6) is 0.905. The van der Waals surface area contributed by atoms with Gasteiger partial charge in [0.05, 0.1) is 6.61 Å². The molecule has 0 aliphatic carbocycles. The van der Waals surface area contributed by atoms with Crippen molar-refractivity contribution in [3.05, 3.63) is 23.2 Å². The molecule has 0 aromatic carbocycles. The maximum Gasteiger partial charge on any atom is 0.386 e. The molecule has 0 saturated carbocycles. The molecule has 2 aliphatic rings. The van der Waals surface area contributed by atoms with Crippen LogP contribution in [0.25, 0.3) is 22.6 Å². The third-order valence-electron chi connectivity index (χ3n) is 6.72. The molecule has 0 radical (unpaired) electrons. The van der Waals surface area contributed by atoms with Crippen LogP contribution >= 0.6 is 30.4 Å². The molecule has 5 heterocycles. The first kappa shape index (κ1) is 24.4. The van der Waals surface area contributed by atoms with Crippen LogP contribution in [0, 0.1) is 0 Å². The Morgan fingerprint density at radius 3 is 2.79 bits per heavy atom. The third kappa shape index (κ3) is 4.15. The summed E-state index contributed by atoms with van der Waals surface area (Å²) in [6, 6.07) is 1.97. The highest BCUT2D eigenvalue weighted by molar-refractivity contribution is 8.44. The van der Waals surface area contributed by atoms with Gasteiger partial charge >= 0.3 is 6.80 Å². The Morgan fingerprint density at radius 2 is 2.12 bits per heavy atom. The monoisotopic (exact) mass is 541 g/mol. The Balaban J connectivity index is 1.68. The fraction of sp³-hybridized carbons (Fsp3) is 0.550. The second kappa shape index (κ2) is 8.38. The van der Waals surface area contributed by atoms with Crippen LogP contribution in [0.3, 0.4) is 0 Å². The number of imidazole rings is 1. The number of nitrogens with two attached hydrogens (primary N) is 1. The van der Waals surface area contributed by atoms with E-state index in [2.05, 4.69) is 56.1 Å². The van der Waals surface area contributed by atoms with E-state index in [-0.39, 0.29) is 17.5 Å². The summed E-state index contributed by atoms with van der Waals surface area (Å²) in [6.07, 6.45) is -1.00. The number of aromatic nitrogens is 4. The highest BCUT2D eigenvalue weighted by atomic mass is 32.7. The minimum absolute atomic E-state index is 0.0781. The molecule has 2 N–H and O–H groups in total. The van der Waals surface area contributed by atoms with E-state index in [4.69, 9.17) is 28.9 Å². The summed E-state index contributed by atoms with van der Waals surface area (Å²) in [6.45, 7) is 7.33.